The number of hydrogen-bond acceptors (Lipinski definition) is 3. The lowest BCUT2D eigenvalue weighted by atomic mass is 9.88. The largest absolute Gasteiger partial charge is 0.375 e. The molecule has 4 rings (SSSR count). The van der Waals surface area contributed by atoms with Crippen molar-refractivity contribution in [2.45, 2.75) is 38.3 Å². The van der Waals surface area contributed by atoms with Crippen molar-refractivity contribution in [1.82, 2.24) is 0 Å². The van der Waals surface area contributed by atoms with Gasteiger partial charge < -0.3 is 10.0 Å². The summed E-state index contributed by atoms with van der Waals surface area (Å²) in [5.74, 6) is -0.730. The third-order valence-corrected chi connectivity index (χ3v) is 6.20. The summed E-state index contributed by atoms with van der Waals surface area (Å²) < 4.78 is 0.746. The number of aliphatic hydroxyl groups is 1. The number of amides is 1. The first kappa shape index (κ1) is 21.5. The second kappa shape index (κ2) is 8.77. The molecule has 1 aliphatic heterocycles. The predicted octanol–water partition coefficient (Wildman–Crippen LogP) is 5.41. The Bertz CT molecular complexity index is 1110. The molecule has 0 aromatic heterocycles. The fourth-order valence-electron chi connectivity index (χ4n) is 4.10. The summed E-state index contributed by atoms with van der Waals surface area (Å²) in [5, 5.41) is 11.5. The summed E-state index contributed by atoms with van der Waals surface area (Å²) in [4.78, 5) is 28.0. The van der Waals surface area contributed by atoms with Crippen LogP contribution < -0.4 is 4.90 Å². The fourth-order valence-corrected chi connectivity index (χ4v) is 4.46. The van der Waals surface area contributed by atoms with Crippen LogP contribution in [0.4, 0.5) is 5.69 Å². The molecule has 1 N–H and O–H groups in total. The zero-order valence-corrected chi connectivity index (χ0v) is 18.9. The molecular weight excluding hydrogens is 454 g/mol. The predicted molar refractivity (Wildman–Crippen MR) is 125 cm³/mol. The third kappa shape index (κ3) is 4.21. The van der Waals surface area contributed by atoms with Crippen LogP contribution in [-0.4, -0.2) is 16.8 Å². The van der Waals surface area contributed by atoms with E-state index >= 15 is 0 Å². The van der Waals surface area contributed by atoms with Crippen LogP contribution in [0.15, 0.2) is 77.3 Å². The molecule has 4 nitrogen and oxygen atoms in total. The summed E-state index contributed by atoms with van der Waals surface area (Å²) in [7, 11) is 0. The normalized spacial score (nSPS) is 17.6. The fraction of sp³-hybridized carbons (Fsp3) is 0.231. The van der Waals surface area contributed by atoms with E-state index in [0.717, 1.165) is 28.4 Å². The molecule has 1 heterocycles. The first-order valence-corrected chi connectivity index (χ1v) is 11.2. The molecule has 1 unspecified atom stereocenters. The maximum absolute atomic E-state index is 13.4. The van der Waals surface area contributed by atoms with Gasteiger partial charge in [-0.1, -0.05) is 83.9 Å². The van der Waals surface area contributed by atoms with Gasteiger partial charge in [-0.05, 0) is 35.7 Å². The number of anilines is 1. The Kier molecular flexibility index (Phi) is 6.08. The molecule has 5 heteroatoms. The van der Waals surface area contributed by atoms with Crippen LogP contribution in [0.5, 0.6) is 0 Å². The molecule has 3 aromatic carbocycles. The zero-order valence-electron chi connectivity index (χ0n) is 17.3. The average molecular weight is 478 g/mol. The number of halogens is 1. The Hall–Kier alpha value is -2.76. The van der Waals surface area contributed by atoms with Gasteiger partial charge in [-0.3, -0.25) is 9.59 Å². The van der Waals surface area contributed by atoms with Crippen molar-refractivity contribution < 1.29 is 14.7 Å². The van der Waals surface area contributed by atoms with Crippen molar-refractivity contribution in [2.75, 3.05) is 4.90 Å². The van der Waals surface area contributed by atoms with Gasteiger partial charge in [0.15, 0.2) is 11.4 Å². The van der Waals surface area contributed by atoms with Crippen molar-refractivity contribution in [1.29, 1.82) is 0 Å². The lowest BCUT2D eigenvalue weighted by Gasteiger charge is -2.23. The highest BCUT2D eigenvalue weighted by molar-refractivity contribution is 9.10. The van der Waals surface area contributed by atoms with Crippen LogP contribution in [0.2, 0.25) is 0 Å². The van der Waals surface area contributed by atoms with Gasteiger partial charge in [0, 0.05) is 15.6 Å². The van der Waals surface area contributed by atoms with Gasteiger partial charge in [0.05, 0.1) is 18.7 Å². The van der Waals surface area contributed by atoms with E-state index in [-0.39, 0.29) is 12.2 Å². The van der Waals surface area contributed by atoms with Gasteiger partial charge in [0.2, 0.25) is 0 Å². The van der Waals surface area contributed by atoms with Gasteiger partial charge in [0.25, 0.3) is 5.91 Å². The smallest absolute Gasteiger partial charge is 0.264 e. The summed E-state index contributed by atoms with van der Waals surface area (Å²) in [5.41, 5.74) is 1.81. The summed E-state index contributed by atoms with van der Waals surface area (Å²) >= 11 is 3.43. The number of Topliss-reactive ketones (excluding diaryl/α,β-unsaturated/α-hetero) is 1. The minimum atomic E-state index is -1.90. The van der Waals surface area contributed by atoms with E-state index < -0.39 is 11.5 Å². The van der Waals surface area contributed by atoms with Crippen molar-refractivity contribution in [3.8, 4) is 0 Å². The van der Waals surface area contributed by atoms with Crippen LogP contribution in [0, 0.1) is 0 Å². The minimum Gasteiger partial charge on any atom is -0.375 e. The van der Waals surface area contributed by atoms with Gasteiger partial charge >= 0.3 is 0 Å². The number of aryl methyl sites for hydroxylation is 1. The standard InChI is InChI=1S/C26H24BrNO3/c1-2-6-18-9-11-20(12-10-18)24(29)16-26(31)22-15-21(27)13-14-23(22)28(25(26)30)17-19-7-4-3-5-8-19/h3-5,7-15,31H,2,6,16-17H2,1H3. The maximum Gasteiger partial charge on any atom is 0.264 e. The number of fused-ring (bicyclic) bond motifs is 1. The molecule has 0 spiro atoms. The molecule has 1 aliphatic rings. The lowest BCUT2D eigenvalue weighted by Crippen LogP contribution is -2.41. The maximum atomic E-state index is 13.4. The van der Waals surface area contributed by atoms with E-state index in [9.17, 15) is 14.7 Å². The number of benzene rings is 3. The van der Waals surface area contributed by atoms with Crippen LogP contribution in [0.1, 0.15) is 46.8 Å². The lowest BCUT2D eigenvalue weighted by molar-refractivity contribution is -0.136. The molecule has 0 fully saturated rings. The van der Waals surface area contributed by atoms with Crippen LogP contribution >= 0.6 is 15.9 Å². The number of carbonyl (C=O) groups is 2. The molecule has 1 amide bonds. The Labute approximate surface area is 190 Å². The quantitative estimate of drug-likeness (QED) is 0.462. The van der Waals surface area contributed by atoms with Crippen molar-refractivity contribution in [3.05, 3.63) is 99.5 Å². The molecular formula is C26H24BrNO3. The van der Waals surface area contributed by atoms with E-state index in [0.29, 0.717) is 23.4 Å². The molecule has 3 aromatic rings. The number of hydrogen-bond donors (Lipinski definition) is 1. The number of ketones is 1. The van der Waals surface area contributed by atoms with E-state index in [1.54, 1.807) is 23.1 Å². The Morgan fingerprint density at radius 2 is 1.71 bits per heavy atom. The van der Waals surface area contributed by atoms with Gasteiger partial charge in [-0.2, -0.15) is 0 Å². The van der Waals surface area contributed by atoms with E-state index in [2.05, 4.69) is 22.9 Å². The minimum absolute atomic E-state index is 0.258. The summed E-state index contributed by atoms with van der Waals surface area (Å²) in [6.07, 6.45) is 1.69. The molecule has 0 radical (unpaired) electrons. The molecule has 0 aliphatic carbocycles. The Balaban J connectivity index is 1.65. The molecule has 31 heavy (non-hydrogen) atoms. The highest BCUT2D eigenvalue weighted by Gasteiger charge is 2.51. The third-order valence-electron chi connectivity index (χ3n) is 5.71. The number of nitrogens with zero attached hydrogens (tertiary/aromatic N) is 1. The Morgan fingerprint density at radius 3 is 2.39 bits per heavy atom. The molecule has 0 saturated carbocycles. The SMILES string of the molecule is CCCc1ccc(C(=O)CC2(O)C(=O)N(Cc3ccccc3)c3ccc(Br)cc32)cc1. The van der Waals surface area contributed by atoms with E-state index in [4.69, 9.17) is 0 Å². The van der Waals surface area contributed by atoms with Crippen molar-refractivity contribution in [2.24, 2.45) is 0 Å². The summed E-state index contributed by atoms with van der Waals surface area (Å²) in [6, 6.07) is 22.4. The average Bonchev–Trinajstić information content (AvgIpc) is 2.96. The second-order valence-corrected chi connectivity index (χ2v) is 8.86. The summed E-state index contributed by atoms with van der Waals surface area (Å²) in [6.45, 7) is 2.44. The molecule has 158 valence electrons. The van der Waals surface area contributed by atoms with Gasteiger partial charge in [0.1, 0.15) is 0 Å². The highest BCUT2D eigenvalue weighted by Crippen LogP contribution is 2.44. The first-order chi connectivity index (χ1) is 14.9. The zero-order chi connectivity index (χ0) is 22.0. The van der Waals surface area contributed by atoms with Gasteiger partial charge in [-0.15, -0.1) is 0 Å². The number of rotatable bonds is 7. The van der Waals surface area contributed by atoms with Crippen LogP contribution in [0.25, 0.3) is 0 Å². The molecule has 0 saturated heterocycles. The second-order valence-electron chi connectivity index (χ2n) is 7.95. The highest BCUT2D eigenvalue weighted by atomic mass is 79.9. The van der Waals surface area contributed by atoms with Crippen molar-refractivity contribution in [3.63, 3.8) is 0 Å². The van der Waals surface area contributed by atoms with Crippen LogP contribution in [0.3, 0.4) is 0 Å². The molecule has 1 atom stereocenters. The monoisotopic (exact) mass is 477 g/mol. The Morgan fingerprint density at radius 1 is 1.00 bits per heavy atom. The van der Waals surface area contributed by atoms with E-state index in [1.165, 1.54) is 0 Å². The first-order valence-electron chi connectivity index (χ1n) is 10.4. The van der Waals surface area contributed by atoms with Gasteiger partial charge in [-0.25, -0.2) is 0 Å². The molecule has 0 bridgehead atoms. The topological polar surface area (TPSA) is 57.6 Å². The number of carbonyl (C=O) groups excluding carboxylic acids is 2. The van der Waals surface area contributed by atoms with Crippen molar-refractivity contribution >= 4 is 33.3 Å². The van der Waals surface area contributed by atoms with Crippen LogP contribution in [-0.2, 0) is 23.4 Å². The van der Waals surface area contributed by atoms with E-state index in [1.807, 2.05) is 54.6 Å².